The third kappa shape index (κ3) is 4.97. The maximum atomic E-state index is 13.1. The second-order valence-electron chi connectivity index (χ2n) is 7.29. The first-order chi connectivity index (χ1) is 15.2. The van der Waals surface area contributed by atoms with Crippen molar-refractivity contribution in [2.24, 2.45) is 5.92 Å². The minimum Gasteiger partial charge on any atom is -0.302 e. The van der Waals surface area contributed by atoms with E-state index in [1.165, 1.54) is 27.8 Å². The third-order valence-corrected chi connectivity index (χ3v) is 8.64. The van der Waals surface area contributed by atoms with Crippen LogP contribution in [-0.2, 0) is 14.8 Å². The molecule has 1 fully saturated rings. The fraction of sp³-hybridized carbons (Fsp3) is 0.238. The summed E-state index contributed by atoms with van der Waals surface area (Å²) in [5.74, 6) is -1.02. The Morgan fingerprint density at radius 1 is 1.09 bits per heavy atom. The molecule has 0 atom stereocenters. The molecule has 2 heterocycles. The van der Waals surface area contributed by atoms with Crippen LogP contribution in [0.5, 0.6) is 0 Å². The Labute approximate surface area is 199 Å². The van der Waals surface area contributed by atoms with Crippen LogP contribution in [0.4, 0.5) is 9.52 Å². The lowest BCUT2D eigenvalue weighted by atomic mass is 9.97. The van der Waals surface area contributed by atoms with Gasteiger partial charge in [-0.2, -0.15) is 4.31 Å². The first kappa shape index (κ1) is 23.1. The zero-order valence-corrected chi connectivity index (χ0v) is 19.7. The lowest BCUT2D eigenvalue weighted by molar-refractivity contribution is -0.120. The fourth-order valence-electron chi connectivity index (χ4n) is 3.44. The van der Waals surface area contributed by atoms with E-state index < -0.39 is 15.8 Å². The monoisotopic (exact) mass is 513 g/mol. The van der Waals surface area contributed by atoms with Crippen LogP contribution in [0.25, 0.3) is 11.3 Å². The number of nitrogens with zero attached hydrogens (tertiary/aromatic N) is 2. The quantitative estimate of drug-likeness (QED) is 0.502. The molecule has 0 radical (unpaired) electrons. The van der Waals surface area contributed by atoms with Crippen molar-refractivity contribution in [1.29, 1.82) is 0 Å². The second-order valence-corrected chi connectivity index (χ2v) is 10.9. The molecule has 1 saturated heterocycles. The lowest BCUT2D eigenvalue weighted by Crippen LogP contribution is -2.41. The molecule has 3 aromatic rings. The predicted octanol–water partition coefficient (Wildman–Crippen LogP) is 5.30. The van der Waals surface area contributed by atoms with Crippen LogP contribution in [-0.4, -0.2) is 36.7 Å². The summed E-state index contributed by atoms with van der Waals surface area (Å²) in [6.07, 6.45) is 0.772. The molecule has 0 bridgehead atoms. The molecule has 11 heteroatoms. The molecule has 0 aliphatic carbocycles. The van der Waals surface area contributed by atoms with Gasteiger partial charge < -0.3 is 5.32 Å². The summed E-state index contributed by atoms with van der Waals surface area (Å²) in [4.78, 5) is 17.2. The predicted molar refractivity (Wildman–Crippen MR) is 124 cm³/mol. The van der Waals surface area contributed by atoms with Gasteiger partial charge in [0.2, 0.25) is 15.9 Å². The van der Waals surface area contributed by atoms with Gasteiger partial charge in [-0.05, 0) is 49.2 Å². The summed E-state index contributed by atoms with van der Waals surface area (Å²) in [5.41, 5.74) is 1.46. The van der Waals surface area contributed by atoms with Gasteiger partial charge in [-0.1, -0.05) is 29.3 Å². The van der Waals surface area contributed by atoms with Crippen molar-refractivity contribution in [3.8, 4) is 11.3 Å². The summed E-state index contributed by atoms with van der Waals surface area (Å²) in [6, 6.07) is 9.92. The summed E-state index contributed by atoms with van der Waals surface area (Å²) >= 11 is 13.3. The minimum absolute atomic E-state index is 0.0411. The van der Waals surface area contributed by atoms with E-state index in [0.29, 0.717) is 33.7 Å². The Morgan fingerprint density at radius 2 is 1.78 bits per heavy atom. The number of halogens is 3. The van der Waals surface area contributed by atoms with E-state index in [0.717, 1.165) is 17.7 Å². The fourth-order valence-corrected chi connectivity index (χ4v) is 5.93. The molecule has 32 heavy (non-hydrogen) atoms. The van der Waals surface area contributed by atoms with Gasteiger partial charge in [-0.15, -0.1) is 11.3 Å². The lowest BCUT2D eigenvalue weighted by Gasteiger charge is -2.30. The van der Waals surface area contributed by atoms with E-state index in [1.54, 1.807) is 18.2 Å². The standard InChI is InChI=1S/C21H18Cl2FN3O3S2/c22-17-6-1-14(11-18(17)23)19-12-31-21(25-19)26-20(28)13-7-9-27(10-8-13)32(29,30)16-4-2-15(24)3-5-16/h1-6,11-13H,7-10H2,(H,25,26,28). The zero-order chi connectivity index (χ0) is 22.9. The highest BCUT2D eigenvalue weighted by Gasteiger charge is 2.32. The number of piperidine rings is 1. The Hall–Kier alpha value is -2.04. The number of thiazole rings is 1. The van der Waals surface area contributed by atoms with Gasteiger partial charge in [-0.3, -0.25) is 4.79 Å². The number of hydrogen-bond donors (Lipinski definition) is 1. The second kappa shape index (κ2) is 9.44. The molecule has 0 saturated carbocycles. The average Bonchev–Trinajstić information content (AvgIpc) is 3.24. The van der Waals surface area contributed by atoms with E-state index in [2.05, 4.69) is 10.3 Å². The number of hydrogen-bond acceptors (Lipinski definition) is 5. The number of amides is 1. The van der Waals surface area contributed by atoms with Crippen LogP contribution < -0.4 is 5.32 Å². The number of benzene rings is 2. The zero-order valence-electron chi connectivity index (χ0n) is 16.6. The Bertz CT molecular complexity index is 1240. The molecule has 1 aromatic heterocycles. The molecule has 4 rings (SSSR count). The summed E-state index contributed by atoms with van der Waals surface area (Å²) in [7, 11) is -3.72. The molecule has 0 spiro atoms. The van der Waals surface area contributed by atoms with E-state index >= 15 is 0 Å². The molecule has 1 amide bonds. The summed E-state index contributed by atoms with van der Waals surface area (Å²) < 4.78 is 39.9. The largest absolute Gasteiger partial charge is 0.302 e. The normalized spacial score (nSPS) is 15.6. The molecule has 168 valence electrons. The van der Waals surface area contributed by atoms with E-state index in [-0.39, 0.29) is 29.8 Å². The van der Waals surface area contributed by atoms with E-state index in [1.807, 2.05) is 5.38 Å². The van der Waals surface area contributed by atoms with Crippen molar-refractivity contribution in [3.63, 3.8) is 0 Å². The summed E-state index contributed by atoms with van der Waals surface area (Å²) in [6.45, 7) is 0.425. The Morgan fingerprint density at radius 3 is 2.44 bits per heavy atom. The molecule has 1 N–H and O–H groups in total. The number of anilines is 1. The SMILES string of the molecule is O=C(Nc1nc(-c2ccc(Cl)c(Cl)c2)cs1)C1CCN(S(=O)(=O)c2ccc(F)cc2)CC1. The molecule has 0 unspecified atom stereocenters. The Balaban J connectivity index is 1.36. The smallest absolute Gasteiger partial charge is 0.243 e. The molecule has 1 aliphatic rings. The van der Waals surface area contributed by atoms with Gasteiger partial charge in [0.05, 0.1) is 20.6 Å². The van der Waals surface area contributed by atoms with Crippen LogP contribution in [0.1, 0.15) is 12.8 Å². The summed E-state index contributed by atoms with van der Waals surface area (Å²) in [5, 5.41) is 5.96. The van der Waals surface area contributed by atoms with Crippen molar-refractivity contribution in [2.45, 2.75) is 17.7 Å². The molecule has 6 nitrogen and oxygen atoms in total. The van der Waals surface area contributed by atoms with Gasteiger partial charge >= 0.3 is 0 Å². The molecular formula is C21H18Cl2FN3O3S2. The highest BCUT2D eigenvalue weighted by atomic mass is 35.5. The first-order valence-corrected chi connectivity index (χ1v) is 12.8. The van der Waals surface area contributed by atoms with Crippen molar-refractivity contribution < 1.29 is 17.6 Å². The first-order valence-electron chi connectivity index (χ1n) is 9.71. The molecule has 1 aliphatic heterocycles. The topological polar surface area (TPSA) is 79.4 Å². The van der Waals surface area contributed by atoms with Gasteiger partial charge in [0.15, 0.2) is 5.13 Å². The number of carbonyl (C=O) groups excluding carboxylic acids is 1. The van der Waals surface area contributed by atoms with Crippen LogP contribution in [0, 0.1) is 11.7 Å². The highest BCUT2D eigenvalue weighted by Crippen LogP contribution is 2.31. The van der Waals surface area contributed by atoms with Gasteiger partial charge in [0, 0.05) is 30.0 Å². The Kier molecular flexibility index (Phi) is 6.83. The number of rotatable bonds is 5. The van der Waals surface area contributed by atoms with Crippen molar-refractivity contribution in [1.82, 2.24) is 9.29 Å². The van der Waals surface area contributed by atoms with Crippen LogP contribution in [0.2, 0.25) is 10.0 Å². The molecular weight excluding hydrogens is 496 g/mol. The average molecular weight is 514 g/mol. The van der Waals surface area contributed by atoms with Crippen molar-refractivity contribution in [3.05, 3.63) is 63.7 Å². The maximum absolute atomic E-state index is 13.1. The molecule has 2 aromatic carbocycles. The minimum atomic E-state index is -3.72. The van der Waals surface area contributed by atoms with Crippen LogP contribution >= 0.6 is 34.5 Å². The van der Waals surface area contributed by atoms with E-state index in [4.69, 9.17) is 23.2 Å². The van der Waals surface area contributed by atoms with Gasteiger partial charge in [0.1, 0.15) is 5.82 Å². The van der Waals surface area contributed by atoms with Crippen LogP contribution in [0.3, 0.4) is 0 Å². The van der Waals surface area contributed by atoms with Crippen LogP contribution in [0.15, 0.2) is 52.7 Å². The maximum Gasteiger partial charge on any atom is 0.243 e. The number of nitrogens with one attached hydrogen (secondary N) is 1. The third-order valence-electron chi connectivity index (χ3n) is 5.23. The van der Waals surface area contributed by atoms with Crippen molar-refractivity contribution >= 4 is 55.6 Å². The number of carbonyl (C=O) groups is 1. The van der Waals surface area contributed by atoms with Crippen molar-refractivity contribution in [2.75, 3.05) is 18.4 Å². The highest BCUT2D eigenvalue weighted by molar-refractivity contribution is 7.89. The van der Waals surface area contributed by atoms with Gasteiger partial charge in [-0.25, -0.2) is 17.8 Å². The van der Waals surface area contributed by atoms with Gasteiger partial charge in [0.25, 0.3) is 0 Å². The number of aromatic nitrogens is 1. The van der Waals surface area contributed by atoms with E-state index in [9.17, 15) is 17.6 Å². The number of sulfonamides is 1.